The van der Waals surface area contributed by atoms with Crippen LogP contribution in [0.3, 0.4) is 0 Å². The Morgan fingerprint density at radius 3 is 2.33 bits per heavy atom. The van der Waals surface area contributed by atoms with Crippen LogP contribution in [0.4, 0.5) is 0 Å². The highest BCUT2D eigenvalue weighted by Crippen LogP contribution is 2.32. The molecule has 0 fully saturated rings. The van der Waals surface area contributed by atoms with E-state index >= 15 is 0 Å². The van der Waals surface area contributed by atoms with Gasteiger partial charge in [-0.1, -0.05) is 23.2 Å². The molecule has 1 N–H and O–H groups in total. The standard InChI is InChI=1S/C8H6Cl2INO3/c9-5-1-4(11)2-6(10)8(5)7(13)3-12(14)15/h1-2,7,13H,3H2/t7-/m0/s1. The molecule has 82 valence electrons. The van der Waals surface area contributed by atoms with Crippen LogP contribution in [-0.4, -0.2) is 16.6 Å². The Kier molecular flexibility index (Phi) is 4.57. The minimum atomic E-state index is -1.28. The fraction of sp³-hybridized carbons (Fsp3) is 0.250. The minimum Gasteiger partial charge on any atom is -0.381 e. The predicted molar refractivity (Wildman–Crippen MR) is 66.0 cm³/mol. The second kappa shape index (κ2) is 5.29. The van der Waals surface area contributed by atoms with E-state index in [1.54, 1.807) is 12.1 Å². The third kappa shape index (κ3) is 3.44. The first-order valence-corrected chi connectivity index (χ1v) is 5.69. The molecule has 0 spiro atoms. The summed E-state index contributed by atoms with van der Waals surface area (Å²) in [6.45, 7) is -0.611. The van der Waals surface area contributed by atoms with Gasteiger partial charge >= 0.3 is 0 Å². The molecule has 7 heteroatoms. The number of nitrogens with zero attached hydrogens (tertiary/aromatic N) is 1. The van der Waals surface area contributed by atoms with Crippen LogP contribution < -0.4 is 0 Å². The Balaban J connectivity index is 3.08. The van der Waals surface area contributed by atoms with Crippen molar-refractivity contribution in [2.75, 3.05) is 6.54 Å². The molecule has 1 atom stereocenters. The molecule has 0 aromatic heterocycles. The molecule has 0 saturated heterocycles. The van der Waals surface area contributed by atoms with E-state index in [4.69, 9.17) is 23.2 Å². The van der Waals surface area contributed by atoms with Gasteiger partial charge in [-0.3, -0.25) is 10.1 Å². The van der Waals surface area contributed by atoms with E-state index in [1.807, 2.05) is 22.6 Å². The molecule has 0 radical (unpaired) electrons. The van der Waals surface area contributed by atoms with Crippen molar-refractivity contribution in [3.05, 3.63) is 41.4 Å². The Bertz CT molecular complexity index is 376. The normalized spacial score (nSPS) is 12.5. The number of hydrogen-bond donors (Lipinski definition) is 1. The van der Waals surface area contributed by atoms with Crippen LogP contribution in [0.25, 0.3) is 0 Å². The molecule has 0 heterocycles. The van der Waals surface area contributed by atoms with Crippen molar-refractivity contribution < 1.29 is 10.0 Å². The lowest BCUT2D eigenvalue weighted by molar-refractivity contribution is -0.491. The Labute approximate surface area is 109 Å². The van der Waals surface area contributed by atoms with Crippen molar-refractivity contribution >= 4 is 45.8 Å². The van der Waals surface area contributed by atoms with Crippen molar-refractivity contribution in [2.24, 2.45) is 0 Å². The molecule has 0 aliphatic carbocycles. The highest BCUT2D eigenvalue weighted by molar-refractivity contribution is 14.1. The second-order valence-electron chi connectivity index (χ2n) is 2.81. The van der Waals surface area contributed by atoms with Gasteiger partial charge in [0.15, 0.2) is 0 Å². The summed E-state index contributed by atoms with van der Waals surface area (Å²) in [5.74, 6) is 0. The first-order chi connectivity index (χ1) is 6.91. The van der Waals surface area contributed by atoms with Gasteiger partial charge < -0.3 is 5.11 Å². The zero-order chi connectivity index (χ0) is 11.6. The smallest absolute Gasteiger partial charge is 0.233 e. The maximum absolute atomic E-state index is 10.2. The average molecular weight is 362 g/mol. The van der Waals surface area contributed by atoms with Crippen molar-refractivity contribution in [1.29, 1.82) is 0 Å². The molecule has 4 nitrogen and oxygen atoms in total. The molecule has 1 rings (SSSR count). The number of aliphatic hydroxyl groups is 1. The van der Waals surface area contributed by atoms with Gasteiger partial charge in [-0.2, -0.15) is 0 Å². The summed E-state index contributed by atoms with van der Waals surface area (Å²) in [5, 5.41) is 20.2. The lowest BCUT2D eigenvalue weighted by Crippen LogP contribution is -2.12. The van der Waals surface area contributed by atoms with Crippen LogP contribution >= 0.6 is 45.8 Å². The molecule has 0 amide bonds. The van der Waals surface area contributed by atoms with E-state index in [0.29, 0.717) is 0 Å². The van der Waals surface area contributed by atoms with Crippen molar-refractivity contribution in [3.63, 3.8) is 0 Å². The molecule has 1 aromatic carbocycles. The van der Waals surface area contributed by atoms with Crippen molar-refractivity contribution in [3.8, 4) is 0 Å². The summed E-state index contributed by atoms with van der Waals surface area (Å²) in [6.07, 6.45) is -1.28. The summed E-state index contributed by atoms with van der Waals surface area (Å²) < 4.78 is 0.805. The topological polar surface area (TPSA) is 63.4 Å². The minimum absolute atomic E-state index is 0.204. The van der Waals surface area contributed by atoms with Crippen LogP contribution in [0.15, 0.2) is 12.1 Å². The van der Waals surface area contributed by atoms with Crippen LogP contribution in [0.5, 0.6) is 0 Å². The summed E-state index contributed by atoms with van der Waals surface area (Å²) in [4.78, 5) is 9.61. The maximum Gasteiger partial charge on any atom is 0.233 e. The van der Waals surface area contributed by atoms with E-state index in [1.165, 1.54) is 0 Å². The number of benzene rings is 1. The summed E-state index contributed by atoms with van der Waals surface area (Å²) >= 11 is 13.7. The van der Waals surface area contributed by atoms with Crippen LogP contribution in [0.1, 0.15) is 11.7 Å². The number of halogens is 3. The number of nitro groups is 1. The molecule has 1 aromatic rings. The summed E-state index contributed by atoms with van der Waals surface area (Å²) in [6, 6.07) is 3.18. The van der Waals surface area contributed by atoms with Gasteiger partial charge in [-0.25, -0.2) is 0 Å². The number of hydrogen-bond acceptors (Lipinski definition) is 3. The van der Waals surface area contributed by atoms with Gasteiger partial charge in [0.05, 0.1) is 0 Å². The fourth-order valence-electron chi connectivity index (χ4n) is 1.10. The summed E-state index contributed by atoms with van der Waals surface area (Å²) in [5.41, 5.74) is 0.204. The van der Waals surface area contributed by atoms with Crippen LogP contribution in [0, 0.1) is 13.7 Å². The molecular formula is C8H6Cl2INO3. The maximum atomic E-state index is 10.2. The number of rotatable bonds is 3. The van der Waals surface area contributed by atoms with Gasteiger partial charge in [0.1, 0.15) is 6.10 Å². The van der Waals surface area contributed by atoms with E-state index < -0.39 is 17.6 Å². The van der Waals surface area contributed by atoms with Crippen molar-refractivity contribution in [2.45, 2.75) is 6.10 Å². The van der Waals surface area contributed by atoms with Gasteiger partial charge in [0.2, 0.25) is 6.54 Å². The Hall–Kier alpha value is -0.110. The van der Waals surface area contributed by atoms with Gasteiger partial charge in [0, 0.05) is 24.1 Å². The molecule has 0 bridgehead atoms. The number of aliphatic hydroxyl groups excluding tert-OH is 1. The van der Waals surface area contributed by atoms with Gasteiger partial charge in [-0.15, -0.1) is 0 Å². The van der Waals surface area contributed by atoms with Gasteiger partial charge in [0.25, 0.3) is 0 Å². The monoisotopic (exact) mass is 361 g/mol. The zero-order valence-corrected chi connectivity index (χ0v) is 11.0. The second-order valence-corrected chi connectivity index (χ2v) is 4.87. The third-order valence-electron chi connectivity index (χ3n) is 1.70. The molecule has 15 heavy (non-hydrogen) atoms. The van der Waals surface area contributed by atoms with Crippen LogP contribution in [0.2, 0.25) is 10.0 Å². The van der Waals surface area contributed by atoms with Gasteiger partial charge in [-0.05, 0) is 34.7 Å². The SMILES string of the molecule is O=[N+]([O-])C[C@H](O)c1c(Cl)cc(I)cc1Cl. The Morgan fingerprint density at radius 2 is 1.93 bits per heavy atom. The predicted octanol–water partition coefficient (Wildman–Crippen LogP) is 2.91. The lowest BCUT2D eigenvalue weighted by atomic mass is 10.1. The van der Waals surface area contributed by atoms with Crippen molar-refractivity contribution in [1.82, 2.24) is 0 Å². The zero-order valence-electron chi connectivity index (χ0n) is 7.28. The molecule has 0 aliphatic rings. The van der Waals surface area contributed by atoms with E-state index in [2.05, 4.69) is 0 Å². The van der Waals surface area contributed by atoms with E-state index in [-0.39, 0.29) is 15.6 Å². The van der Waals surface area contributed by atoms with E-state index in [0.717, 1.165) is 3.57 Å². The Morgan fingerprint density at radius 1 is 1.47 bits per heavy atom. The summed E-state index contributed by atoms with van der Waals surface area (Å²) in [7, 11) is 0. The fourth-order valence-corrected chi connectivity index (χ4v) is 2.83. The van der Waals surface area contributed by atoms with E-state index in [9.17, 15) is 15.2 Å². The highest BCUT2D eigenvalue weighted by atomic mass is 127. The third-order valence-corrected chi connectivity index (χ3v) is 2.95. The van der Waals surface area contributed by atoms with Crippen LogP contribution in [-0.2, 0) is 0 Å². The average Bonchev–Trinajstić information content (AvgIpc) is 1.99. The molecular weight excluding hydrogens is 356 g/mol. The first-order valence-electron chi connectivity index (χ1n) is 3.86. The lowest BCUT2D eigenvalue weighted by Gasteiger charge is -2.11. The molecule has 0 saturated carbocycles. The highest BCUT2D eigenvalue weighted by Gasteiger charge is 2.20. The largest absolute Gasteiger partial charge is 0.381 e. The molecule has 0 aliphatic heterocycles. The molecule has 0 unspecified atom stereocenters. The first kappa shape index (κ1) is 13.0. The quantitative estimate of drug-likeness (QED) is 0.511.